The van der Waals surface area contributed by atoms with Crippen molar-refractivity contribution in [1.29, 1.82) is 0 Å². The van der Waals surface area contributed by atoms with Crippen LogP contribution in [-0.4, -0.2) is 48.5 Å². The number of nitrogens with zero attached hydrogens (tertiary/aromatic N) is 1. The molecule has 1 unspecified atom stereocenters. The molecule has 90 valence electrons. The van der Waals surface area contributed by atoms with Crippen molar-refractivity contribution in [3.8, 4) is 0 Å². The van der Waals surface area contributed by atoms with Gasteiger partial charge in [-0.25, -0.2) is 0 Å². The lowest BCUT2D eigenvalue weighted by molar-refractivity contribution is -0.0120. The molecular formula is C12H25NO2. The summed E-state index contributed by atoms with van der Waals surface area (Å²) in [5.74, 6) is 0.852. The zero-order valence-electron chi connectivity index (χ0n) is 10.3. The minimum atomic E-state index is -0.333. The lowest BCUT2D eigenvalue weighted by Gasteiger charge is -2.31. The zero-order valence-corrected chi connectivity index (χ0v) is 10.3. The van der Waals surface area contributed by atoms with Crippen molar-refractivity contribution in [1.82, 2.24) is 4.90 Å². The third kappa shape index (κ3) is 5.50. The Morgan fingerprint density at radius 2 is 1.93 bits per heavy atom. The molecule has 1 saturated heterocycles. The summed E-state index contributed by atoms with van der Waals surface area (Å²) < 4.78 is 5.39. The van der Waals surface area contributed by atoms with E-state index >= 15 is 0 Å². The van der Waals surface area contributed by atoms with Gasteiger partial charge in [-0.05, 0) is 45.7 Å². The van der Waals surface area contributed by atoms with Crippen molar-refractivity contribution >= 4 is 0 Å². The van der Waals surface area contributed by atoms with Crippen LogP contribution in [0.2, 0.25) is 0 Å². The Bertz CT molecular complexity index is 165. The SMILES string of the molecule is CC1CCN(CC(O)COC(C)C)CC1. The highest BCUT2D eigenvalue weighted by molar-refractivity contribution is 4.72. The normalized spacial score (nSPS) is 22.2. The van der Waals surface area contributed by atoms with E-state index in [1.165, 1.54) is 12.8 Å². The molecule has 0 aromatic heterocycles. The third-order valence-electron chi connectivity index (χ3n) is 2.97. The first-order chi connectivity index (χ1) is 7.08. The first kappa shape index (κ1) is 12.9. The second-order valence-corrected chi connectivity index (χ2v) is 5.02. The monoisotopic (exact) mass is 215 g/mol. The Labute approximate surface area is 93.4 Å². The summed E-state index contributed by atoms with van der Waals surface area (Å²) in [6.07, 6.45) is 2.40. The van der Waals surface area contributed by atoms with Crippen LogP contribution in [0.1, 0.15) is 33.6 Å². The summed E-state index contributed by atoms with van der Waals surface area (Å²) >= 11 is 0. The highest BCUT2D eigenvalue weighted by Crippen LogP contribution is 2.15. The molecule has 0 saturated carbocycles. The predicted molar refractivity (Wildman–Crippen MR) is 61.9 cm³/mol. The first-order valence-electron chi connectivity index (χ1n) is 6.10. The molecule has 1 rings (SSSR count). The molecule has 1 heterocycles. The van der Waals surface area contributed by atoms with Crippen molar-refractivity contribution in [2.75, 3.05) is 26.2 Å². The number of β-amino-alcohol motifs (C(OH)–C–C–N with tert-alkyl or cyclic N) is 1. The van der Waals surface area contributed by atoms with Crippen molar-refractivity contribution in [3.05, 3.63) is 0 Å². The van der Waals surface area contributed by atoms with E-state index in [-0.39, 0.29) is 12.2 Å². The molecule has 3 nitrogen and oxygen atoms in total. The molecule has 0 radical (unpaired) electrons. The van der Waals surface area contributed by atoms with E-state index in [0.717, 1.165) is 25.6 Å². The quantitative estimate of drug-likeness (QED) is 0.754. The fraction of sp³-hybridized carbons (Fsp3) is 1.00. The van der Waals surface area contributed by atoms with Gasteiger partial charge in [-0.1, -0.05) is 6.92 Å². The van der Waals surface area contributed by atoms with E-state index in [9.17, 15) is 5.11 Å². The summed E-state index contributed by atoms with van der Waals surface area (Å²) in [5, 5.41) is 9.75. The van der Waals surface area contributed by atoms with Crippen LogP contribution in [0.3, 0.4) is 0 Å². The van der Waals surface area contributed by atoms with Crippen LogP contribution in [0.4, 0.5) is 0 Å². The number of hydrogen-bond acceptors (Lipinski definition) is 3. The van der Waals surface area contributed by atoms with E-state index < -0.39 is 0 Å². The van der Waals surface area contributed by atoms with Crippen LogP contribution >= 0.6 is 0 Å². The highest BCUT2D eigenvalue weighted by Gasteiger charge is 2.18. The van der Waals surface area contributed by atoms with Gasteiger partial charge in [-0.15, -0.1) is 0 Å². The Kier molecular flexibility index (Phi) is 5.58. The van der Waals surface area contributed by atoms with E-state index in [2.05, 4.69) is 11.8 Å². The molecule has 1 N–H and O–H groups in total. The van der Waals surface area contributed by atoms with Gasteiger partial charge in [0.2, 0.25) is 0 Å². The molecule has 0 aromatic carbocycles. The van der Waals surface area contributed by atoms with Crippen molar-refractivity contribution in [2.45, 2.75) is 45.8 Å². The van der Waals surface area contributed by atoms with E-state index in [1.807, 2.05) is 13.8 Å². The average molecular weight is 215 g/mol. The molecule has 15 heavy (non-hydrogen) atoms. The van der Waals surface area contributed by atoms with Gasteiger partial charge in [0.15, 0.2) is 0 Å². The molecule has 1 aliphatic rings. The summed E-state index contributed by atoms with van der Waals surface area (Å²) in [7, 11) is 0. The minimum Gasteiger partial charge on any atom is -0.389 e. The van der Waals surface area contributed by atoms with Crippen LogP contribution in [0, 0.1) is 5.92 Å². The molecule has 0 bridgehead atoms. The Morgan fingerprint density at radius 3 is 2.47 bits per heavy atom. The topological polar surface area (TPSA) is 32.7 Å². The Morgan fingerprint density at radius 1 is 1.33 bits per heavy atom. The van der Waals surface area contributed by atoms with Gasteiger partial charge in [-0.3, -0.25) is 0 Å². The number of likely N-dealkylation sites (tertiary alicyclic amines) is 1. The minimum absolute atomic E-state index is 0.209. The van der Waals surface area contributed by atoms with E-state index in [0.29, 0.717) is 6.61 Å². The molecule has 3 heteroatoms. The summed E-state index contributed by atoms with van der Waals surface area (Å²) in [4.78, 5) is 2.34. The maximum Gasteiger partial charge on any atom is 0.0900 e. The predicted octanol–water partition coefficient (Wildman–Crippen LogP) is 1.50. The average Bonchev–Trinajstić information content (AvgIpc) is 2.19. The van der Waals surface area contributed by atoms with Gasteiger partial charge in [0.25, 0.3) is 0 Å². The number of aliphatic hydroxyl groups is 1. The second kappa shape index (κ2) is 6.46. The maximum absolute atomic E-state index is 9.75. The van der Waals surface area contributed by atoms with Crippen molar-refractivity contribution in [2.24, 2.45) is 5.92 Å². The van der Waals surface area contributed by atoms with Crippen LogP contribution in [-0.2, 0) is 4.74 Å². The molecule has 0 aromatic rings. The maximum atomic E-state index is 9.75. The van der Waals surface area contributed by atoms with Crippen LogP contribution in [0.5, 0.6) is 0 Å². The van der Waals surface area contributed by atoms with Crippen molar-refractivity contribution < 1.29 is 9.84 Å². The fourth-order valence-electron chi connectivity index (χ4n) is 1.90. The summed E-state index contributed by atoms with van der Waals surface area (Å²) in [6, 6.07) is 0. The molecule has 1 aliphatic heterocycles. The van der Waals surface area contributed by atoms with Gasteiger partial charge >= 0.3 is 0 Å². The zero-order chi connectivity index (χ0) is 11.3. The van der Waals surface area contributed by atoms with Crippen molar-refractivity contribution in [3.63, 3.8) is 0 Å². The number of hydrogen-bond donors (Lipinski definition) is 1. The highest BCUT2D eigenvalue weighted by atomic mass is 16.5. The number of piperidine rings is 1. The largest absolute Gasteiger partial charge is 0.389 e. The fourth-order valence-corrected chi connectivity index (χ4v) is 1.90. The first-order valence-corrected chi connectivity index (χ1v) is 6.10. The van der Waals surface area contributed by atoms with Gasteiger partial charge in [-0.2, -0.15) is 0 Å². The number of rotatable bonds is 5. The molecule has 0 spiro atoms. The second-order valence-electron chi connectivity index (χ2n) is 5.02. The Balaban J connectivity index is 2.12. The lowest BCUT2D eigenvalue weighted by atomic mass is 9.99. The molecule has 1 atom stereocenters. The third-order valence-corrected chi connectivity index (χ3v) is 2.97. The van der Waals surface area contributed by atoms with Crippen LogP contribution in [0.25, 0.3) is 0 Å². The molecule has 0 amide bonds. The molecule has 1 fully saturated rings. The summed E-state index contributed by atoms with van der Waals surface area (Å²) in [5.41, 5.74) is 0. The number of ether oxygens (including phenoxy) is 1. The molecule has 0 aliphatic carbocycles. The van der Waals surface area contributed by atoms with Gasteiger partial charge in [0, 0.05) is 6.54 Å². The summed E-state index contributed by atoms with van der Waals surface area (Å²) in [6.45, 7) is 9.77. The number of aliphatic hydroxyl groups excluding tert-OH is 1. The van der Waals surface area contributed by atoms with E-state index in [1.54, 1.807) is 0 Å². The van der Waals surface area contributed by atoms with Gasteiger partial charge in [0.05, 0.1) is 18.8 Å². The van der Waals surface area contributed by atoms with E-state index in [4.69, 9.17) is 4.74 Å². The smallest absolute Gasteiger partial charge is 0.0900 e. The van der Waals surface area contributed by atoms with Gasteiger partial charge in [0.1, 0.15) is 0 Å². The van der Waals surface area contributed by atoms with Gasteiger partial charge < -0.3 is 14.7 Å². The molecular weight excluding hydrogens is 190 g/mol. The van der Waals surface area contributed by atoms with Crippen LogP contribution in [0.15, 0.2) is 0 Å². The standard InChI is InChI=1S/C12H25NO2/c1-10(2)15-9-12(14)8-13-6-4-11(3)5-7-13/h10-12,14H,4-9H2,1-3H3. The lowest BCUT2D eigenvalue weighted by Crippen LogP contribution is -2.40. The Hall–Kier alpha value is -0.120. The van der Waals surface area contributed by atoms with Crippen LogP contribution < -0.4 is 0 Å².